The lowest BCUT2D eigenvalue weighted by atomic mass is 10.2. The van der Waals surface area contributed by atoms with Gasteiger partial charge in [-0.3, -0.25) is 14.7 Å². The van der Waals surface area contributed by atoms with E-state index in [-0.39, 0.29) is 5.91 Å². The van der Waals surface area contributed by atoms with Crippen LogP contribution in [-0.2, 0) is 11.2 Å². The first kappa shape index (κ1) is 18.8. The van der Waals surface area contributed by atoms with Crippen LogP contribution in [0, 0.1) is 0 Å². The first-order valence-electron chi connectivity index (χ1n) is 10.3. The number of pyridine rings is 1. The topological polar surface area (TPSA) is 65.5 Å². The zero-order valence-electron chi connectivity index (χ0n) is 16.5. The van der Waals surface area contributed by atoms with Crippen molar-refractivity contribution < 1.29 is 4.79 Å². The maximum Gasteiger partial charge on any atom is 0.236 e. The molecule has 2 fully saturated rings. The van der Waals surface area contributed by atoms with E-state index < -0.39 is 0 Å². The number of hydrogen-bond acceptors (Lipinski definition) is 6. The van der Waals surface area contributed by atoms with Crippen LogP contribution in [0.15, 0.2) is 30.6 Å². The first-order chi connectivity index (χ1) is 13.7. The number of nitrogens with zero attached hydrogens (tertiary/aromatic N) is 6. The van der Waals surface area contributed by atoms with Gasteiger partial charge in [-0.15, -0.1) is 0 Å². The van der Waals surface area contributed by atoms with E-state index in [1.165, 1.54) is 12.8 Å². The maximum atomic E-state index is 12.6. The van der Waals surface area contributed by atoms with Gasteiger partial charge in [-0.1, -0.05) is 6.92 Å². The quantitative estimate of drug-likeness (QED) is 0.789. The van der Waals surface area contributed by atoms with Crippen LogP contribution in [0.3, 0.4) is 0 Å². The number of anilines is 1. The summed E-state index contributed by atoms with van der Waals surface area (Å²) in [5.74, 6) is 1.95. The molecular formula is C21H28N6O. The van der Waals surface area contributed by atoms with E-state index in [2.05, 4.69) is 32.8 Å². The number of hydrogen-bond donors (Lipinski definition) is 0. The molecule has 0 aliphatic carbocycles. The highest BCUT2D eigenvalue weighted by molar-refractivity contribution is 5.78. The van der Waals surface area contributed by atoms with Crippen LogP contribution in [0.4, 0.5) is 5.82 Å². The molecule has 7 nitrogen and oxygen atoms in total. The van der Waals surface area contributed by atoms with Crippen LogP contribution in [-0.4, -0.2) is 76.5 Å². The van der Waals surface area contributed by atoms with E-state index >= 15 is 0 Å². The van der Waals surface area contributed by atoms with Crippen molar-refractivity contribution in [3.05, 3.63) is 36.3 Å². The molecule has 148 valence electrons. The van der Waals surface area contributed by atoms with Crippen molar-refractivity contribution in [2.45, 2.75) is 26.2 Å². The number of carbonyl (C=O) groups excluding carboxylic acids is 1. The monoisotopic (exact) mass is 380 g/mol. The third kappa shape index (κ3) is 4.30. The standard InChI is InChI=1S/C21H28N6O/c1-2-18-15-19(24-21(23-18)17-5-7-22-8-6-17)26-11-13-27(14-12-26)20(28)16-25-9-3-4-10-25/h5-8,15H,2-4,9-14,16H2,1H3. The molecule has 0 radical (unpaired) electrons. The molecule has 4 heterocycles. The third-order valence-corrected chi connectivity index (χ3v) is 5.58. The molecule has 2 aliphatic heterocycles. The zero-order chi connectivity index (χ0) is 19.3. The minimum Gasteiger partial charge on any atom is -0.353 e. The zero-order valence-corrected chi connectivity index (χ0v) is 16.5. The van der Waals surface area contributed by atoms with Crippen LogP contribution in [0.1, 0.15) is 25.5 Å². The Morgan fingerprint density at radius 1 is 1.00 bits per heavy atom. The van der Waals surface area contributed by atoms with Gasteiger partial charge in [-0.05, 0) is 44.5 Å². The normalized spacial score (nSPS) is 17.9. The van der Waals surface area contributed by atoms with E-state index in [0.29, 0.717) is 6.54 Å². The number of aryl methyl sites for hydroxylation is 1. The number of amides is 1. The van der Waals surface area contributed by atoms with Gasteiger partial charge in [0.1, 0.15) is 5.82 Å². The van der Waals surface area contributed by atoms with Crippen LogP contribution in [0.2, 0.25) is 0 Å². The fourth-order valence-electron chi connectivity index (χ4n) is 3.87. The van der Waals surface area contributed by atoms with Crippen LogP contribution in [0.5, 0.6) is 0 Å². The van der Waals surface area contributed by atoms with Gasteiger partial charge < -0.3 is 9.80 Å². The van der Waals surface area contributed by atoms with E-state index in [1.807, 2.05) is 17.0 Å². The minimum atomic E-state index is 0.260. The Morgan fingerprint density at radius 2 is 1.71 bits per heavy atom. The SMILES string of the molecule is CCc1cc(N2CCN(C(=O)CN3CCCC3)CC2)nc(-c2ccncc2)n1. The lowest BCUT2D eigenvalue weighted by Gasteiger charge is -2.36. The minimum absolute atomic E-state index is 0.260. The van der Waals surface area contributed by atoms with Gasteiger partial charge in [0.25, 0.3) is 0 Å². The molecule has 2 saturated heterocycles. The van der Waals surface area contributed by atoms with Crippen molar-refractivity contribution in [1.82, 2.24) is 24.8 Å². The molecule has 2 aliphatic rings. The van der Waals surface area contributed by atoms with E-state index in [4.69, 9.17) is 4.98 Å². The molecule has 0 bridgehead atoms. The Hall–Kier alpha value is -2.54. The Kier molecular flexibility index (Phi) is 5.81. The van der Waals surface area contributed by atoms with Crippen molar-refractivity contribution in [2.75, 3.05) is 50.7 Å². The number of aromatic nitrogens is 3. The smallest absolute Gasteiger partial charge is 0.236 e. The molecule has 0 atom stereocenters. The molecule has 0 spiro atoms. The van der Waals surface area contributed by atoms with Crippen molar-refractivity contribution in [3.63, 3.8) is 0 Å². The van der Waals surface area contributed by atoms with Gasteiger partial charge in [-0.25, -0.2) is 9.97 Å². The van der Waals surface area contributed by atoms with Gasteiger partial charge in [0.05, 0.1) is 6.54 Å². The van der Waals surface area contributed by atoms with Gasteiger partial charge in [0.15, 0.2) is 5.82 Å². The molecule has 1 amide bonds. The molecule has 2 aromatic rings. The summed E-state index contributed by atoms with van der Waals surface area (Å²) >= 11 is 0. The van der Waals surface area contributed by atoms with Crippen molar-refractivity contribution in [3.8, 4) is 11.4 Å². The van der Waals surface area contributed by atoms with Crippen molar-refractivity contribution >= 4 is 11.7 Å². The average molecular weight is 380 g/mol. The molecule has 0 N–H and O–H groups in total. The van der Waals surface area contributed by atoms with Gasteiger partial charge in [-0.2, -0.15) is 0 Å². The molecule has 2 aromatic heterocycles. The average Bonchev–Trinajstić information content (AvgIpc) is 3.27. The van der Waals surface area contributed by atoms with Crippen LogP contribution >= 0.6 is 0 Å². The summed E-state index contributed by atoms with van der Waals surface area (Å²) in [6, 6.07) is 5.95. The highest BCUT2D eigenvalue weighted by Crippen LogP contribution is 2.21. The first-order valence-corrected chi connectivity index (χ1v) is 10.3. The van der Waals surface area contributed by atoms with Gasteiger partial charge in [0, 0.05) is 55.9 Å². The lowest BCUT2D eigenvalue weighted by molar-refractivity contribution is -0.132. The number of carbonyl (C=O) groups is 1. The molecule has 28 heavy (non-hydrogen) atoms. The molecule has 4 rings (SSSR count). The van der Waals surface area contributed by atoms with Gasteiger partial charge >= 0.3 is 0 Å². The summed E-state index contributed by atoms with van der Waals surface area (Å²) in [5, 5.41) is 0. The van der Waals surface area contributed by atoms with Crippen molar-refractivity contribution in [1.29, 1.82) is 0 Å². The predicted molar refractivity (Wildman–Crippen MR) is 109 cm³/mol. The van der Waals surface area contributed by atoms with Crippen LogP contribution < -0.4 is 4.90 Å². The highest BCUT2D eigenvalue weighted by Gasteiger charge is 2.25. The number of rotatable bonds is 5. The summed E-state index contributed by atoms with van der Waals surface area (Å²) in [7, 11) is 0. The van der Waals surface area contributed by atoms with Gasteiger partial charge in [0.2, 0.25) is 5.91 Å². The van der Waals surface area contributed by atoms with E-state index in [9.17, 15) is 4.79 Å². The summed E-state index contributed by atoms with van der Waals surface area (Å²) < 4.78 is 0. The summed E-state index contributed by atoms with van der Waals surface area (Å²) in [6.07, 6.45) is 6.83. The lowest BCUT2D eigenvalue weighted by Crippen LogP contribution is -2.51. The Balaban J connectivity index is 1.43. The number of likely N-dealkylation sites (tertiary alicyclic amines) is 1. The van der Waals surface area contributed by atoms with Crippen LogP contribution in [0.25, 0.3) is 11.4 Å². The second-order valence-electron chi connectivity index (χ2n) is 7.48. The predicted octanol–water partition coefficient (Wildman–Crippen LogP) is 1.85. The summed E-state index contributed by atoms with van der Waals surface area (Å²) in [6.45, 7) is 7.92. The Morgan fingerprint density at radius 3 is 2.39 bits per heavy atom. The maximum absolute atomic E-state index is 12.6. The largest absolute Gasteiger partial charge is 0.353 e. The fourth-order valence-corrected chi connectivity index (χ4v) is 3.87. The highest BCUT2D eigenvalue weighted by atomic mass is 16.2. The van der Waals surface area contributed by atoms with E-state index in [1.54, 1.807) is 12.4 Å². The summed E-state index contributed by atoms with van der Waals surface area (Å²) in [5.41, 5.74) is 2.01. The number of piperazine rings is 1. The molecule has 0 unspecified atom stereocenters. The molecule has 7 heteroatoms. The molecule has 0 aromatic carbocycles. The summed E-state index contributed by atoms with van der Waals surface area (Å²) in [4.78, 5) is 32.7. The fraction of sp³-hybridized carbons (Fsp3) is 0.524. The Bertz CT molecular complexity index is 798. The second-order valence-corrected chi connectivity index (χ2v) is 7.48. The molecular weight excluding hydrogens is 352 g/mol. The van der Waals surface area contributed by atoms with Crippen molar-refractivity contribution in [2.24, 2.45) is 0 Å². The third-order valence-electron chi connectivity index (χ3n) is 5.58. The van der Waals surface area contributed by atoms with E-state index in [0.717, 1.165) is 68.6 Å². The molecule has 0 saturated carbocycles. The Labute approximate surface area is 166 Å². The second kappa shape index (κ2) is 8.65.